The van der Waals surface area contributed by atoms with Crippen molar-refractivity contribution < 1.29 is 5.11 Å². The van der Waals surface area contributed by atoms with Gasteiger partial charge in [-0.05, 0) is 31.2 Å². The first-order valence-corrected chi connectivity index (χ1v) is 15.0. The summed E-state index contributed by atoms with van der Waals surface area (Å²) < 4.78 is 5.72. The molecule has 4 aromatic rings. The molecule has 0 bridgehead atoms. The molecule has 0 aliphatic heterocycles. The molecule has 3 aromatic heterocycles. The fourth-order valence-corrected chi connectivity index (χ4v) is 5.33. The number of hydrogen-bond acceptors (Lipinski definition) is 5. The molecule has 0 unspecified atom stereocenters. The van der Waals surface area contributed by atoms with Crippen LogP contribution in [0.15, 0.2) is 44.7 Å². The summed E-state index contributed by atoms with van der Waals surface area (Å²) in [6.07, 6.45) is 9.80. The zero-order chi connectivity index (χ0) is 28.6. The van der Waals surface area contributed by atoms with Gasteiger partial charge in [-0.3, -0.25) is 23.3 Å². The number of benzene rings is 1. The Morgan fingerprint density at radius 3 is 2.02 bits per heavy atom. The summed E-state index contributed by atoms with van der Waals surface area (Å²) in [5.41, 5.74) is 0.167. The van der Waals surface area contributed by atoms with Crippen LogP contribution in [0.1, 0.15) is 96.1 Å². The van der Waals surface area contributed by atoms with Crippen LogP contribution in [0.5, 0.6) is 5.88 Å². The van der Waals surface area contributed by atoms with E-state index in [4.69, 9.17) is 4.98 Å². The molecule has 9 nitrogen and oxygen atoms in total. The number of hydrogen-bond donors (Lipinski definition) is 1. The maximum Gasteiger partial charge on any atom is 0.332 e. The van der Waals surface area contributed by atoms with Gasteiger partial charge in [0.05, 0.1) is 12.1 Å². The smallest absolute Gasteiger partial charge is 0.332 e. The third-order valence-electron chi connectivity index (χ3n) is 7.67. The second-order valence-electron chi connectivity index (χ2n) is 10.7. The van der Waals surface area contributed by atoms with Crippen LogP contribution in [-0.4, -0.2) is 28.2 Å². The Labute approximate surface area is 234 Å². The molecule has 0 fully saturated rings. The van der Waals surface area contributed by atoms with E-state index >= 15 is 0 Å². The number of nitrogens with zero attached hydrogens (tertiary/aromatic N) is 5. The molecule has 1 aromatic carbocycles. The molecule has 9 heteroatoms. The molecule has 216 valence electrons. The van der Waals surface area contributed by atoms with Crippen molar-refractivity contribution in [1.82, 2.24) is 23.1 Å². The standard InChI is InChI=1S/C31H43N5O4/c1-4-7-10-11-12-16-19-24-27(37)35(22-23-17-14-13-15-18-23)30-32-26-25(36(30)28(24)38)29(39)34(21-9-6-3)31(40)33(26)20-8-5-2/h13-15,17-18,37H,4-12,16,19-22H2,1-3H3. The van der Waals surface area contributed by atoms with Crippen LogP contribution in [0.3, 0.4) is 0 Å². The average molecular weight is 550 g/mol. The number of unbranched alkanes of at least 4 members (excludes halogenated alkanes) is 7. The number of rotatable bonds is 15. The first-order chi connectivity index (χ1) is 19.4. The van der Waals surface area contributed by atoms with Crippen molar-refractivity contribution in [3.05, 3.63) is 72.7 Å². The zero-order valence-electron chi connectivity index (χ0n) is 24.2. The molecule has 0 amide bonds. The lowest BCUT2D eigenvalue weighted by atomic mass is 10.1. The van der Waals surface area contributed by atoms with Crippen molar-refractivity contribution in [2.75, 3.05) is 0 Å². The van der Waals surface area contributed by atoms with E-state index in [0.29, 0.717) is 19.4 Å². The summed E-state index contributed by atoms with van der Waals surface area (Å²) in [5, 5.41) is 11.5. The minimum atomic E-state index is -0.506. The van der Waals surface area contributed by atoms with Crippen molar-refractivity contribution in [2.24, 2.45) is 0 Å². The number of aromatic hydroxyl groups is 1. The summed E-state index contributed by atoms with van der Waals surface area (Å²) in [4.78, 5) is 46.0. The molecular formula is C31H43N5O4. The fraction of sp³-hybridized carbons (Fsp3) is 0.548. The van der Waals surface area contributed by atoms with Crippen LogP contribution in [0.25, 0.3) is 16.9 Å². The van der Waals surface area contributed by atoms with Crippen LogP contribution in [0.2, 0.25) is 0 Å². The highest BCUT2D eigenvalue weighted by molar-refractivity contribution is 5.75. The highest BCUT2D eigenvalue weighted by Gasteiger charge is 2.25. The summed E-state index contributed by atoms with van der Waals surface area (Å²) in [6.45, 7) is 7.17. The lowest BCUT2D eigenvalue weighted by Gasteiger charge is -2.15. The summed E-state index contributed by atoms with van der Waals surface area (Å²) >= 11 is 0. The Morgan fingerprint density at radius 1 is 0.725 bits per heavy atom. The predicted octanol–water partition coefficient (Wildman–Crippen LogP) is 5.23. The molecule has 0 aliphatic carbocycles. The van der Waals surface area contributed by atoms with Crippen molar-refractivity contribution in [3.63, 3.8) is 0 Å². The zero-order valence-corrected chi connectivity index (χ0v) is 24.2. The molecule has 40 heavy (non-hydrogen) atoms. The molecule has 1 N–H and O–H groups in total. The first kappa shape index (κ1) is 29.4. The van der Waals surface area contributed by atoms with Crippen molar-refractivity contribution in [1.29, 1.82) is 0 Å². The second-order valence-corrected chi connectivity index (χ2v) is 10.7. The van der Waals surface area contributed by atoms with Gasteiger partial charge in [0, 0.05) is 13.1 Å². The summed E-state index contributed by atoms with van der Waals surface area (Å²) in [6, 6.07) is 9.64. The SMILES string of the molecule is CCCCCCCCc1c(O)n(Cc2ccccc2)c2nc3c(c(=O)n(CCCC)c(=O)n3CCCC)n2c1=O. The van der Waals surface area contributed by atoms with Gasteiger partial charge >= 0.3 is 5.69 Å². The van der Waals surface area contributed by atoms with Gasteiger partial charge in [0.2, 0.25) is 11.7 Å². The molecule has 0 saturated heterocycles. The van der Waals surface area contributed by atoms with Crippen LogP contribution in [0.4, 0.5) is 0 Å². The molecule has 0 aliphatic rings. The van der Waals surface area contributed by atoms with Crippen LogP contribution < -0.4 is 16.8 Å². The molecule has 4 rings (SSSR count). The highest BCUT2D eigenvalue weighted by atomic mass is 16.3. The lowest BCUT2D eigenvalue weighted by molar-refractivity contribution is 0.410. The van der Waals surface area contributed by atoms with E-state index in [2.05, 4.69) is 6.92 Å². The largest absolute Gasteiger partial charge is 0.494 e. The summed E-state index contributed by atoms with van der Waals surface area (Å²) in [7, 11) is 0. The normalized spacial score (nSPS) is 11.7. The number of aromatic nitrogens is 5. The summed E-state index contributed by atoms with van der Waals surface area (Å²) in [5.74, 6) is 0.0435. The Bertz CT molecular complexity index is 1610. The van der Waals surface area contributed by atoms with Gasteiger partial charge in [-0.15, -0.1) is 0 Å². The van der Waals surface area contributed by atoms with E-state index in [0.717, 1.165) is 56.9 Å². The van der Waals surface area contributed by atoms with E-state index in [-0.39, 0.29) is 41.5 Å². The third-order valence-corrected chi connectivity index (χ3v) is 7.67. The van der Waals surface area contributed by atoms with E-state index in [9.17, 15) is 19.5 Å². The van der Waals surface area contributed by atoms with Crippen LogP contribution in [-0.2, 0) is 26.1 Å². The van der Waals surface area contributed by atoms with Gasteiger partial charge in [0.25, 0.3) is 11.1 Å². The minimum absolute atomic E-state index is 0.109. The topological polar surface area (TPSA) is 104 Å². The maximum absolute atomic E-state index is 14.0. The average Bonchev–Trinajstić information content (AvgIpc) is 3.36. The minimum Gasteiger partial charge on any atom is -0.494 e. The van der Waals surface area contributed by atoms with E-state index < -0.39 is 16.8 Å². The third kappa shape index (κ3) is 5.93. The second kappa shape index (κ2) is 13.6. The predicted molar refractivity (Wildman–Crippen MR) is 160 cm³/mol. The van der Waals surface area contributed by atoms with Crippen molar-refractivity contribution in [3.8, 4) is 5.88 Å². The van der Waals surface area contributed by atoms with Crippen LogP contribution >= 0.6 is 0 Å². The number of aryl methyl sites for hydroxylation is 1. The quantitative estimate of drug-likeness (QED) is 0.205. The van der Waals surface area contributed by atoms with Gasteiger partial charge in [-0.25, -0.2) is 9.20 Å². The van der Waals surface area contributed by atoms with Gasteiger partial charge < -0.3 is 5.11 Å². The van der Waals surface area contributed by atoms with E-state index in [1.54, 1.807) is 4.57 Å². The van der Waals surface area contributed by atoms with Gasteiger partial charge in [-0.1, -0.05) is 96.0 Å². The molecular weight excluding hydrogens is 506 g/mol. The Balaban J connectivity index is 1.98. The molecule has 0 spiro atoms. The van der Waals surface area contributed by atoms with Gasteiger partial charge in [-0.2, -0.15) is 4.98 Å². The lowest BCUT2D eigenvalue weighted by Crippen LogP contribution is -2.41. The Kier molecular flexibility index (Phi) is 10.0. The molecule has 0 radical (unpaired) electrons. The van der Waals surface area contributed by atoms with Crippen LogP contribution in [0, 0.1) is 0 Å². The molecule has 3 heterocycles. The maximum atomic E-state index is 14.0. The fourth-order valence-electron chi connectivity index (χ4n) is 5.33. The van der Waals surface area contributed by atoms with E-state index in [1.165, 1.54) is 20.0 Å². The monoisotopic (exact) mass is 549 g/mol. The van der Waals surface area contributed by atoms with Crippen molar-refractivity contribution >= 4 is 16.9 Å². The van der Waals surface area contributed by atoms with E-state index in [1.807, 2.05) is 44.2 Å². The van der Waals surface area contributed by atoms with Crippen molar-refractivity contribution in [2.45, 2.75) is 111 Å². The molecule has 0 atom stereocenters. The Hall–Kier alpha value is -3.62. The highest BCUT2D eigenvalue weighted by Crippen LogP contribution is 2.23. The van der Waals surface area contributed by atoms with Gasteiger partial charge in [0.15, 0.2) is 11.2 Å². The Morgan fingerprint density at radius 2 is 1.35 bits per heavy atom. The molecule has 0 saturated carbocycles. The number of fused-ring (bicyclic) bond motifs is 3. The number of imidazole rings is 1. The first-order valence-electron chi connectivity index (χ1n) is 15.0. The van der Waals surface area contributed by atoms with Gasteiger partial charge in [0.1, 0.15) is 0 Å².